The Morgan fingerprint density at radius 2 is 1.03 bits per heavy atom. The maximum absolute atomic E-state index is 13.8. The maximum Gasteiger partial charge on any atom is 0.336 e. The molecule has 4 aromatic heterocycles. The Hall–Kier alpha value is -6.83. The van der Waals surface area contributed by atoms with Crippen LogP contribution < -0.4 is 21.1 Å². The summed E-state index contributed by atoms with van der Waals surface area (Å²) in [5, 5.41) is 5.38. The summed E-state index contributed by atoms with van der Waals surface area (Å²) >= 11 is 5.51. The fourth-order valence-corrected chi connectivity index (χ4v) is 8.89. The van der Waals surface area contributed by atoms with Crippen molar-refractivity contribution in [1.29, 1.82) is 0 Å². The van der Waals surface area contributed by atoms with E-state index in [0.29, 0.717) is 47.6 Å². The third-order valence-corrected chi connectivity index (χ3v) is 12.3. The number of piperazine rings is 1. The van der Waals surface area contributed by atoms with E-state index in [4.69, 9.17) is 20.4 Å². The van der Waals surface area contributed by atoms with Crippen LogP contribution in [0.2, 0.25) is 0 Å². The van der Waals surface area contributed by atoms with Gasteiger partial charge < -0.3 is 18.6 Å². The minimum atomic E-state index is -0.436. The molecule has 0 unspecified atom stereocenters. The summed E-state index contributed by atoms with van der Waals surface area (Å²) < 4.78 is 37.4. The van der Waals surface area contributed by atoms with Crippen LogP contribution in [-0.4, -0.2) is 78.1 Å². The smallest absolute Gasteiger partial charge is 0.336 e. The first-order valence-corrected chi connectivity index (χ1v) is 23.1. The van der Waals surface area contributed by atoms with Crippen LogP contribution in [0.5, 0.6) is 0 Å². The molecule has 10 rings (SSSR count). The lowest BCUT2D eigenvalue weighted by molar-refractivity contribution is -0.119. The molecule has 0 spiro atoms. The Balaban J connectivity index is 0.000000150. The highest BCUT2D eigenvalue weighted by Crippen LogP contribution is 2.28. The second-order valence-corrected chi connectivity index (χ2v) is 17.0. The van der Waals surface area contributed by atoms with Gasteiger partial charge in [-0.25, -0.2) is 28.3 Å². The maximum atomic E-state index is 13.8. The van der Waals surface area contributed by atoms with E-state index in [1.807, 2.05) is 48.7 Å². The molecule has 0 N–H and O–H groups in total. The number of Topliss-reactive ketones (excluding diaryl/α,β-unsaturated/α-hetero) is 2. The van der Waals surface area contributed by atoms with E-state index in [2.05, 4.69) is 24.7 Å². The van der Waals surface area contributed by atoms with Crippen LogP contribution in [0.1, 0.15) is 43.2 Å². The number of ketones is 2. The number of para-hydroxylation sites is 2. The zero-order valence-electron chi connectivity index (χ0n) is 37.0. The van der Waals surface area contributed by atoms with Crippen molar-refractivity contribution in [2.75, 3.05) is 61.5 Å². The third-order valence-electron chi connectivity index (χ3n) is 12.1. The number of hydrogen-bond acceptors (Lipinski definition) is 11. The Bertz CT molecular complexity index is 3150. The number of alkyl halides is 1. The van der Waals surface area contributed by atoms with Crippen molar-refractivity contribution in [3.63, 3.8) is 0 Å². The van der Waals surface area contributed by atoms with Crippen molar-refractivity contribution in [2.45, 2.75) is 44.9 Å². The van der Waals surface area contributed by atoms with E-state index in [9.17, 15) is 28.0 Å². The topological polar surface area (TPSA) is 130 Å². The first kappa shape index (κ1) is 46.7. The molecule has 0 atom stereocenters. The van der Waals surface area contributed by atoms with E-state index in [1.165, 1.54) is 49.6 Å². The van der Waals surface area contributed by atoms with Gasteiger partial charge in [0.2, 0.25) is 0 Å². The predicted octanol–water partition coefficient (Wildman–Crippen LogP) is 9.70. The molecule has 6 heterocycles. The van der Waals surface area contributed by atoms with Gasteiger partial charge in [-0.15, -0.1) is 11.6 Å². The van der Waals surface area contributed by atoms with Gasteiger partial charge in [-0.1, -0.05) is 48.5 Å². The summed E-state index contributed by atoms with van der Waals surface area (Å²) in [7, 11) is 0. The number of carbonyl (C=O) groups is 2. The van der Waals surface area contributed by atoms with Gasteiger partial charge in [0.25, 0.3) is 0 Å². The van der Waals surface area contributed by atoms with Crippen LogP contribution in [0, 0.1) is 11.6 Å². The molecule has 67 heavy (non-hydrogen) atoms. The number of pyridine rings is 2. The highest BCUT2D eigenvalue weighted by atomic mass is 35.5. The molecule has 0 bridgehead atoms. The molecule has 2 aliphatic rings. The summed E-state index contributed by atoms with van der Waals surface area (Å²) in [6, 6.07) is 30.8. The first-order valence-electron chi connectivity index (χ1n) is 22.6. The molecular formula is C53H50ClF2N5O6. The molecule has 11 nitrogen and oxygen atoms in total. The number of nitrogens with zero attached hydrogens (tertiary/aromatic N) is 5. The van der Waals surface area contributed by atoms with E-state index < -0.39 is 11.3 Å². The fraction of sp³-hybridized carbons (Fsp3) is 0.283. The molecule has 4 aromatic carbocycles. The zero-order valence-corrected chi connectivity index (χ0v) is 37.7. The van der Waals surface area contributed by atoms with Crippen molar-refractivity contribution < 1.29 is 27.2 Å². The number of piperidine rings is 1. The van der Waals surface area contributed by atoms with Crippen molar-refractivity contribution in [3.8, 4) is 0 Å². The molecular weight excluding hydrogens is 876 g/mol. The average molecular weight is 926 g/mol. The first-order chi connectivity index (χ1) is 32.6. The number of halogens is 3. The summed E-state index contributed by atoms with van der Waals surface area (Å²) in [4.78, 5) is 63.0. The monoisotopic (exact) mass is 925 g/mol. The molecule has 2 saturated heterocycles. The molecule has 0 amide bonds. The third kappa shape index (κ3) is 12.0. The molecule has 0 aliphatic carbocycles. The van der Waals surface area contributed by atoms with Gasteiger partial charge in [-0.3, -0.25) is 14.5 Å². The van der Waals surface area contributed by atoms with Gasteiger partial charge in [-0.2, -0.15) is 0 Å². The minimum Gasteiger partial charge on any atom is -0.423 e. The van der Waals surface area contributed by atoms with Gasteiger partial charge in [-0.05, 0) is 89.7 Å². The molecule has 0 saturated carbocycles. The molecule has 344 valence electrons. The Kier molecular flexibility index (Phi) is 15.4. The molecule has 2 fully saturated rings. The zero-order chi connectivity index (χ0) is 46.7. The summed E-state index contributed by atoms with van der Waals surface area (Å²) in [6.07, 6.45) is 8.44. The van der Waals surface area contributed by atoms with Crippen LogP contribution >= 0.6 is 11.6 Å². The fourth-order valence-electron chi connectivity index (χ4n) is 8.68. The highest BCUT2D eigenvalue weighted by Gasteiger charge is 2.21. The average Bonchev–Trinajstić information content (AvgIpc) is 3.34. The van der Waals surface area contributed by atoms with Crippen molar-refractivity contribution >= 4 is 78.3 Å². The number of hydrogen-bond donors (Lipinski definition) is 0. The Morgan fingerprint density at radius 3 is 1.54 bits per heavy atom. The molecule has 0 radical (unpaired) electrons. The number of anilines is 2. The number of rotatable bonds is 11. The van der Waals surface area contributed by atoms with Crippen LogP contribution in [0.4, 0.5) is 20.4 Å². The van der Waals surface area contributed by atoms with Gasteiger partial charge in [0.05, 0.1) is 0 Å². The van der Waals surface area contributed by atoms with E-state index in [1.54, 1.807) is 42.6 Å². The summed E-state index contributed by atoms with van der Waals surface area (Å²) in [6.45, 7) is 5.87. The molecule has 2 aliphatic heterocycles. The highest BCUT2D eigenvalue weighted by molar-refractivity contribution is 6.19. The van der Waals surface area contributed by atoms with E-state index in [-0.39, 0.29) is 36.0 Å². The predicted molar refractivity (Wildman–Crippen MR) is 260 cm³/mol. The van der Waals surface area contributed by atoms with Crippen molar-refractivity contribution in [1.82, 2.24) is 14.9 Å². The molecule has 14 heteroatoms. The van der Waals surface area contributed by atoms with Crippen molar-refractivity contribution in [2.24, 2.45) is 0 Å². The second kappa shape index (κ2) is 22.1. The SMILES string of the molecule is Fc1ccc2ccnc(N3CCCCC3)c2c1.O=C(CCCl)Cc1cc(=O)oc2ccccc12.O=C(CCN1CCN(c2nccc3ccc(F)cc23)CC1)Cc1cc(=O)oc2ccccc12. The second-order valence-electron chi connectivity index (χ2n) is 16.7. The minimum absolute atomic E-state index is 0.0238. The lowest BCUT2D eigenvalue weighted by atomic mass is 10.0. The van der Waals surface area contributed by atoms with Crippen LogP contribution in [0.25, 0.3) is 43.5 Å². The van der Waals surface area contributed by atoms with Crippen LogP contribution in [0.3, 0.4) is 0 Å². The van der Waals surface area contributed by atoms with E-state index in [0.717, 1.165) is 83.2 Å². The normalized spacial score (nSPS) is 14.1. The van der Waals surface area contributed by atoms with Crippen LogP contribution in [-0.2, 0) is 22.4 Å². The van der Waals surface area contributed by atoms with Gasteiger partial charge in [0.1, 0.15) is 46.0 Å². The number of benzene rings is 4. The van der Waals surface area contributed by atoms with Gasteiger partial charge in [0, 0.05) is 123 Å². The quantitative estimate of drug-likeness (QED) is 0.0908. The lowest BCUT2D eigenvalue weighted by Gasteiger charge is -2.35. The summed E-state index contributed by atoms with van der Waals surface area (Å²) in [5.41, 5.74) is 1.56. The van der Waals surface area contributed by atoms with E-state index >= 15 is 0 Å². The lowest BCUT2D eigenvalue weighted by Crippen LogP contribution is -2.47. The largest absolute Gasteiger partial charge is 0.423 e. The Morgan fingerprint density at radius 1 is 0.552 bits per heavy atom. The summed E-state index contributed by atoms with van der Waals surface area (Å²) in [5.74, 6) is 1.70. The number of carbonyl (C=O) groups excluding carboxylic acids is 2. The Labute approximate surface area is 390 Å². The molecule has 8 aromatic rings. The van der Waals surface area contributed by atoms with Gasteiger partial charge >= 0.3 is 11.3 Å². The van der Waals surface area contributed by atoms with Gasteiger partial charge in [0.15, 0.2) is 0 Å². The number of fused-ring (bicyclic) bond motifs is 4. The van der Waals surface area contributed by atoms with Crippen molar-refractivity contribution in [3.05, 3.63) is 165 Å². The number of aromatic nitrogens is 2. The standard InChI is InChI=1S/C26H24FN3O3.C14H15FN2.C13H11ClO3/c27-20-6-5-18-7-9-28-26(23(18)17-20)30-13-11-29(12-14-30)10-8-21(31)15-19-16-25(32)33-24-4-2-1-3-22(19)24;15-12-5-4-11-6-7-16-14(13(11)10-12)17-8-2-1-3-9-17;14-6-5-10(15)7-9-8-13(16)17-12-4-2-1-3-11(9)12/h1-7,9,16-17H,8,10-15H2;4-7,10H,1-3,8-9H2;1-4,8H,5-7H2. The van der Waals surface area contributed by atoms with Crippen LogP contribution in [0.15, 0.2) is 140 Å².